The second kappa shape index (κ2) is 12.0. The number of hydrogen-bond donors (Lipinski definition) is 0. The van der Waals surface area contributed by atoms with E-state index in [2.05, 4.69) is 10.00 Å². The zero-order chi connectivity index (χ0) is 30.1. The average Bonchev–Trinajstić information content (AvgIpc) is 3.67. The zero-order valence-electron chi connectivity index (χ0n) is 24.0. The molecule has 1 aromatic heterocycles. The van der Waals surface area contributed by atoms with E-state index in [1.165, 1.54) is 30.5 Å². The fraction of sp³-hybridized carbons (Fsp3) is 0.333. The number of piperidine rings is 1. The number of aromatic nitrogens is 2. The van der Waals surface area contributed by atoms with Crippen LogP contribution in [-0.4, -0.2) is 66.3 Å². The number of carbonyl (C=O) groups excluding carboxylic acids is 1. The highest BCUT2D eigenvalue weighted by Gasteiger charge is 2.34. The predicted molar refractivity (Wildman–Crippen MR) is 160 cm³/mol. The van der Waals surface area contributed by atoms with Crippen molar-refractivity contribution < 1.29 is 22.0 Å². The predicted octanol–water partition coefficient (Wildman–Crippen LogP) is 5.56. The first-order chi connectivity index (χ1) is 20.7. The summed E-state index contributed by atoms with van der Waals surface area (Å²) in [4.78, 5) is 18.4. The van der Waals surface area contributed by atoms with Gasteiger partial charge in [0.2, 0.25) is 0 Å². The fourth-order valence-corrected chi connectivity index (χ4v) is 6.92. The van der Waals surface area contributed by atoms with Gasteiger partial charge in [-0.3, -0.25) is 9.69 Å². The van der Waals surface area contributed by atoms with Crippen molar-refractivity contribution in [3.05, 3.63) is 113 Å². The molecule has 7 nitrogen and oxygen atoms in total. The summed E-state index contributed by atoms with van der Waals surface area (Å²) in [6.07, 6.45) is 5.28. The summed E-state index contributed by atoms with van der Waals surface area (Å²) in [6.45, 7) is 3.48. The second-order valence-corrected chi connectivity index (χ2v) is 13.6. The van der Waals surface area contributed by atoms with Crippen molar-refractivity contribution in [2.45, 2.75) is 42.5 Å². The number of sulfone groups is 1. The highest BCUT2D eigenvalue weighted by Crippen LogP contribution is 2.35. The molecule has 224 valence electrons. The Hall–Kier alpha value is -3.89. The van der Waals surface area contributed by atoms with Crippen LogP contribution in [0.3, 0.4) is 0 Å². The van der Waals surface area contributed by atoms with Crippen molar-refractivity contribution in [3.8, 4) is 5.69 Å². The zero-order valence-corrected chi connectivity index (χ0v) is 24.8. The van der Waals surface area contributed by atoms with Gasteiger partial charge in [0.05, 0.1) is 28.0 Å². The number of hydrogen-bond acceptors (Lipinski definition) is 5. The molecular formula is C33H34F2N4O3S. The van der Waals surface area contributed by atoms with Crippen molar-refractivity contribution in [2.75, 3.05) is 32.4 Å². The first-order valence-corrected chi connectivity index (χ1v) is 16.4. The van der Waals surface area contributed by atoms with Crippen LogP contribution in [0.15, 0.2) is 83.9 Å². The van der Waals surface area contributed by atoms with Crippen molar-refractivity contribution >= 4 is 15.7 Å². The molecule has 43 heavy (non-hydrogen) atoms. The molecule has 3 heterocycles. The third-order valence-corrected chi connectivity index (χ3v) is 9.79. The normalized spacial score (nSPS) is 18.3. The van der Waals surface area contributed by atoms with Crippen molar-refractivity contribution in [2.24, 2.45) is 0 Å². The number of likely N-dealkylation sites (tertiary alicyclic amines) is 2. The third kappa shape index (κ3) is 6.40. The number of rotatable bonds is 7. The molecule has 0 bridgehead atoms. The Morgan fingerprint density at radius 1 is 0.837 bits per heavy atom. The van der Waals surface area contributed by atoms with Gasteiger partial charge in [0.1, 0.15) is 11.6 Å². The topological polar surface area (TPSA) is 75.5 Å². The van der Waals surface area contributed by atoms with Crippen LogP contribution in [0, 0.1) is 11.6 Å². The molecule has 0 unspecified atom stereocenters. The summed E-state index contributed by atoms with van der Waals surface area (Å²) in [5.74, 6) is -0.457. The molecule has 0 N–H and O–H groups in total. The smallest absolute Gasteiger partial charge is 0.257 e. The van der Waals surface area contributed by atoms with Gasteiger partial charge in [0, 0.05) is 37.7 Å². The molecule has 10 heteroatoms. The van der Waals surface area contributed by atoms with E-state index < -0.39 is 9.84 Å². The second-order valence-electron chi connectivity index (χ2n) is 11.6. The maximum Gasteiger partial charge on any atom is 0.257 e. The van der Waals surface area contributed by atoms with Gasteiger partial charge < -0.3 is 4.90 Å². The van der Waals surface area contributed by atoms with Crippen molar-refractivity contribution in [1.29, 1.82) is 0 Å². The molecule has 2 aliphatic rings. The first-order valence-electron chi connectivity index (χ1n) is 14.6. The van der Waals surface area contributed by atoms with E-state index in [4.69, 9.17) is 0 Å². The van der Waals surface area contributed by atoms with Crippen molar-refractivity contribution in [1.82, 2.24) is 19.6 Å². The number of carbonyl (C=O) groups is 1. The van der Waals surface area contributed by atoms with Crippen LogP contribution in [0.4, 0.5) is 8.78 Å². The molecule has 4 aromatic rings. The fourth-order valence-electron chi connectivity index (χ4n) is 6.29. The minimum Gasteiger partial charge on any atom is -0.338 e. The first kappa shape index (κ1) is 29.2. The molecular weight excluding hydrogens is 570 g/mol. The Bertz CT molecular complexity index is 1700. The molecule has 0 saturated carbocycles. The number of amides is 1. The molecule has 0 aliphatic carbocycles. The van der Waals surface area contributed by atoms with Gasteiger partial charge in [-0.25, -0.2) is 21.9 Å². The minimum absolute atomic E-state index is 0.0682. The molecule has 1 atom stereocenters. The summed E-state index contributed by atoms with van der Waals surface area (Å²) in [6, 6.07) is 19.7. The van der Waals surface area contributed by atoms with E-state index >= 15 is 0 Å². The third-order valence-electron chi connectivity index (χ3n) is 8.66. The molecule has 0 spiro atoms. The lowest BCUT2D eigenvalue weighted by molar-refractivity contribution is 0.0788. The largest absolute Gasteiger partial charge is 0.338 e. The van der Waals surface area contributed by atoms with E-state index in [-0.39, 0.29) is 29.4 Å². The van der Waals surface area contributed by atoms with E-state index in [9.17, 15) is 22.0 Å². The molecule has 2 fully saturated rings. The summed E-state index contributed by atoms with van der Waals surface area (Å²) in [7, 11) is -3.24. The van der Waals surface area contributed by atoms with Crippen LogP contribution >= 0.6 is 0 Å². The van der Waals surface area contributed by atoms with Gasteiger partial charge in [-0.1, -0.05) is 24.3 Å². The Labute approximate surface area is 250 Å². The van der Waals surface area contributed by atoms with Gasteiger partial charge >= 0.3 is 0 Å². The van der Waals surface area contributed by atoms with E-state index in [0.29, 0.717) is 35.8 Å². The lowest BCUT2D eigenvalue weighted by Gasteiger charge is -2.33. The van der Waals surface area contributed by atoms with Crippen LogP contribution in [0.5, 0.6) is 0 Å². The van der Waals surface area contributed by atoms with Crippen LogP contribution in [0.25, 0.3) is 5.69 Å². The van der Waals surface area contributed by atoms with E-state index in [1.807, 2.05) is 17.0 Å². The summed E-state index contributed by atoms with van der Waals surface area (Å²) >= 11 is 0. The lowest BCUT2D eigenvalue weighted by atomic mass is 9.90. The Kier molecular flexibility index (Phi) is 8.15. The van der Waals surface area contributed by atoms with E-state index in [0.717, 1.165) is 49.2 Å². The van der Waals surface area contributed by atoms with Gasteiger partial charge in [-0.15, -0.1) is 0 Å². The number of benzene rings is 3. The average molecular weight is 605 g/mol. The summed E-state index contributed by atoms with van der Waals surface area (Å²) < 4.78 is 52.6. The minimum atomic E-state index is -3.24. The summed E-state index contributed by atoms with van der Waals surface area (Å²) in [5, 5.41) is 4.63. The molecule has 2 aliphatic heterocycles. The Morgan fingerprint density at radius 2 is 1.44 bits per heavy atom. The Balaban J connectivity index is 1.20. The molecule has 2 saturated heterocycles. The standard InChI is InChI=1S/C33H34F2N4O3S/c1-43(41,42)30-12-2-23(3-13-30)21-37-17-14-25(15-18-37)32-31(20-36-39(32)29-10-8-28(35)9-11-29)33(40)38-19-16-26(22-38)24-4-6-27(34)7-5-24/h2-13,20,25-26H,14-19,21-22H2,1H3/t26-/m1/s1. The SMILES string of the molecule is CS(=O)(=O)c1ccc(CN2CCC(c3c(C(=O)N4CC[C@@H](c5ccc(F)cc5)C4)cnn3-c3ccc(F)cc3)CC2)cc1. The van der Waals surface area contributed by atoms with Crippen LogP contribution in [0.2, 0.25) is 0 Å². The highest BCUT2D eigenvalue weighted by atomic mass is 32.2. The number of nitrogens with zero attached hydrogens (tertiary/aromatic N) is 4. The lowest BCUT2D eigenvalue weighted by Crippen LogP contribution is -2.34. The summed E-state index contributed by atoms with van der Waals surface area (Å²) in [5.41, 5.74) is 4.19. The molecule has 0 radical (unpaired) electrons. The van der Waals surface area contributed by atoms with Crippen LogP contribution in [-0.2, 0) is 16.4 Å². The monoisotopic (exact) mass is 604 g/mol. The van der Waals surface area contributed by atoms with E-state index in [1.54, 1.807) is 47.3 Å². The molecule has 1 amide bonds. The quantitative estimate of drug-likeness (QED) is 0.276. The van der Waals surface area contributed by atoms with Gasteiger partial charge in [-0.2, -0.15) is 5.10 Å². The molecule has 6 rings (SSSR count). The highest BCUT2D eigenvalue weighted by molar-refractivity contribution is 7.90. The van der Waals surface area contributed by atoms with Gasteiger partial charge in [0.15, 0.2) is 9.84 Å². The number of halogens is 2. The van der Waals surface area contributed by atoms with Crippen molar-refractivity contribution in [3.63, 3.8) is 0 Å². The van der Waals surface area contributed by atoms with Crippen LogP contribution in [0.1, 0.15) is 58.3 Å². The van der Waals surface area contributed by atoms with Crippen LogP contribution < -0.4 is 0 Å². The maximum absolute atomic E-state index is 13.9. The van der Waals surface area contributed by atoms with Gasteiger partial charge in [-0.05, 0) is 92.0 Å². The molecule has 3 aromatic carbocycles. The van der Waals surface area contributed by atoms with Gasteiger partial charge in [0.25, 0.3) is 5.91 Å². The maximum atomic E-state index is 13.9. The Morgan fingerprint density at radius 3 is 2.07 bits per heavy atom.